The maximum atomic E-state index is 9.52. The van der Waals surface area contributed by atoms with Crippen molar-refractivity contribution < 1.29 is 5.11 Å². The van der Waals surface area contributed by atoms with Gasteiger partial charge in [-0.3, -0.25) is 4.98 Å². The molecule has 1 fully saturated rings. The third kappa shape index (κ3) is 2.83. The smallest absolute Gasteiger partial charge is 0.137 e. The molecule has 1 aliphatic rings. The molecule has 0 saturated carbocycles. The van der Waals surface area contributed by atoms with Crippen LogP contribution in [0.2, 0.25) is 0 Å². The summed E-state index contributed by atoms with van der Waals surface area (Å²) in [4.78, 5) is 6.44. The molecule has 0 bridgehead atoms. The summed E-state index contributed by atoms with van der Waals surface area (Å²) >= 11 is 0. The molecule has 6 nitrogen and oxygen atoms in total. The first kappa shape index (κ1) is 15.0. The van der Waals surface area contributed by atoms with E-state index < -0.39 is 0 Å². The van der Waals surface area contributed by atoms with Gasteiger partial charge in [-0.25, -0.2) is 0 Å². The third-order valence-electron chi connectivity index (χ3n) is 4.33. The first-order valence-electron chi connectivity index (χ1n) is 7.88. The summed E-state index contributed by atoms with van der Waals surface area (Å²) in [5, 5.41) is 18.0. The number of aromatic nitrogens is 4. The molecule has 0 amide bonds. The Morgan fingerprint density at radius 1 is 1.41 bits per heavy atom. The van der Waals surface area contributed by atoms with E-state index in [4.69, 9.17) is 0 Å². The standard InChI is InChI=1S/C16H23N5O/c1-12(2)21-11-18-19-16(21)13-4-3-7-20(9-13)15-5-6-17-8-14(15)10-22/h5-6,8,11-13,22H,3-4,7,9-10H2,1-2H3. The van der Waals surface area contributed by atoms with Gasteiger partial charge in [0.1, 0.15) is 12.2 Å². The maximum absolute atomic E-state index is 9.52. The van der Waals surface area contributed by atoms with E-state index >= 15 is 0 Å². The summed E-state index contributed by atoms with van der Waals surface area (Å²) in [5.41, 5.74) is 1.96. The molecule has 0 aliphatic carbocycles. The second kappa shape index (κ2) is 6.44. The topological polar surface area (TPSA) is 67.1 Å². The number of aliphatic hydroxyl groups excluding tert-OH is 1. The fraction of sp³-hybridized carbons (Fsp3) is 0.562. The molecular weight excluding hydrogens is 278 g/mol. The van der Waals surface area contributed by atoms with E-state index in [2.05, 4.69) is 38.5 Å². The van der Waals surface area contributed by atoms with Gasteiger partial charge in [0.25, 0.3) is 0 Å². The van der Waals surface area contributed by atoms with Gasteiger partial charge in [-0.15, -0.1) is 10.2 Å². The van der Waals surface area contributed by atoms with Crippen LogP contribution in [0.3, 0.4) is 0 Å². The zero-order chi connectivity index (χ0) is 15.5. The second-order valence-electron chi connectivity index (χ2n) is 6.14. The minimum absolute atomic E-state index is 0.0204. The molecule has 118 valence electrons. The lowest BCUT2D eigenvalue weighted by Crippen LogP contribution is -2.36. The van der Waals surface area contributed by atoms with Crippen LogP contribution >= 0.6 is 0 Å². The average molecular weight is 301 g/mol. The van der Waals surface area contributed by atoms with Crippen LogP contribution in [-0.2, 0) is 6.61 Å². The Kier molecular flexibility index (Phi) is 4.38. The molecule has 6 heteroatoms. The normalized spacial score (nSPS) is 18.9. The van der Waals surface area contributed by atoms with E-state index in [0.29, 0.717) is 12.0 Å². The summed E-state index contributed by atoms with van der Waals surface area (Å²) in [7, 11) is 0. The van der Waals surface area contributed by atoms with Gasteiger partial charge in [0.2, 0.25) is 0 Å². The Hall–Kier alpha value is -1.95. The summed E-state index contributed by atoms with van der Waals surface area (Å²) in [6, 6.07) is 2.36. The van der Waals surface area contributed by atoms with Crippen molar-refractivity contribution in [3.8, 4) is 0 Å². The lowest BCUT2D eigenvalue weighted by molar-refractivity contribution is 0.281. The van der Waals surface area contributed by atoms with Gasteiger partial charge >= 0.3 is 0 Å². The average Bonchev–Trinajstić information content (AvgIpc) is 3.05. The molecule has 0 aromatic carbocycles. The molecule has 2 aromatic heterocycles. The summed E-state index contributed by atoms with van der Waals surface area (Å²) in [6.45, 7) is 6.23. The van der Waals surface area contributed by atoms with Crippen LogP contribution in [0.1, 0.15) is 50.0 Å². The number of nitrogens with zero attached hydrogens (tertiary/aromatic N) is 5. The lowest BCUT2D eigenvalue weighted by Gasteiger charge is -2.35. The van der Waals surface area contributed by atoms with E-state index in [1.54, 1.807) is 12.4 Å². The molecule has 2 aromatic rings. The number of rotatable bonds is 4. The molecule has 22 heavy (non-hydrogen) atoms. The molecule has 0 spiro atoms. The monoisotopic (exact) mass is 301 g/mol. The first-order chi connectivity index (χ1) is 10.7. The van der Waals surface area contributed by atoms with Crippen LogP contribution in [0.15, 0.2) is 24.8 Å². The third-order valence-corrected chi connectivity index (χ3v) is 4.33. The minimum Gasteiger partial charge on any atom is -0.392 e. The Morgan fingerprint density at radius 2 is 2.27 bits per heavy atom. The SMILES string of the molecule is CC(C)n1cnnc1C1CCCN(c2ccncc2CO)C1. The minimum atomic E-state index is 0.0204. The van der Waals surface area contributed by atoms with E-state index in [9.17, 15) is 5.11 Å². The highest BCUT2D eigenvalue weighted by molar-refractivity contribution is 5.52. The van der Waals surface area contributed by atoms with E-state index in [1.165, 1.54) is 0 Å². The van der Waals surface area contributed by atoms with Crippen molar-refractivity contribution in [1.82, 2.24) is 19.7 Å². The molecule has 0 radical (unpaired) electrons. The van der Waals surface area contributed by atoms with Gasteiger partial charge < -0.3 is 14.6 Å². The highest BCUT2D eigenvalue weighted by atomic mass is 16.3. The molecule has 1 unspecified atom stereocenters. The van der Waals surface area contributed by atoms with Crippen LogP contribution < -0.4 is 4.90 Å². The second-order valence-corrected chi connectivity index (χ2v) is 6.14. The molecule has 3 heterocycles. The molecule has 1 N–H and O–H groups in total. The predicted molar refractivity (Wildman–Crippen MR) is 84.8 cm³/mol. The molecule has 1 aliphatic heterocycles. The first-order valence-corrected chi connectivity index (χ1v) is 7.88. The molecule has 1 atom stereocenters. The van der Waals surface area contributed by atoms with Crippen molar-refractivity contribution in [1.29, 1.82) is 0 Å². The Labute approximate surface area is 130 Å². The van der Waals surface area contributed by atoms with Crippen molar-refractivity contribution in [2.45, 2.75) is 45.3 Å². The van der Waals surface area contributed by atoms with Crippen LogP contribution in [0, 0.1) is 0 Å². The quantitative estimate of drug-likeness (QED) is 0.937. The van der Waals surface area contributed by atoms with Crippen molar-refractivity contribution in [3.05, 3.63) is 36.2 Å². The summed E-state index contributed by atoms with van der Waals surface area (Å²) < 4.78 is 2.16. The molecule has 1 saturated heterocycles. The van der Waals surface area contributed by atoms with Crippen LogP contribution in [0.4, 0.5) is 5.69 Å². The van der Waals surface area contributed by atoms with Crippen molar-refractivity contribution >= 4 is 5.69 Å². The number of anilines is 1. The van der Waals surface area contributed by atoms with Crippen LogP contribution in [0.5, 0.6) is 0 Å². The lowest BCUT2D eigenvalue weighted by atomic mass is 9.96. The van der Waals surface area contributed by atoms with E-state index in [-0.39, 0.29) is 6.61 Å². The number of hydrogen-bond acceptors (Lipinski definition) is 5. The van der Waals surface area contributed by atoms with Crippen molar-refractivity contribution in [3.63, 3.8) is 0 Å². The van der Waals surface area contributed by atoms with Gasteiger partial charge in [0, 0.05) is 48.7 Å². The Balaban J connectivity index is 1.84. The zero-order valence-electron chi connectivity index (χ0n) is 13.2. The molecular formula is C16H23N5O. The zero-order valence-corrected chi connectivity index (χ0v) is 13.2. The highest BCUT2D eigenvalue weighted by Gasteiger charge is 2.26. The van der Waals surface area contributed by atoms with Crippen molar-refractivity contribution in [2.75, 3.05) is 18.0 Å². The number of hydrogen-bond donors (Lipinski definition) is 1. The Bertz CT molecular complexity index is 625. The van der Waals surface area contributed by atoms with Crippen molar-refractivity contribution in [2.24, 2.45) is 0 Å². The van der Waals surface area contributed by atoms with Crippen LogP contribution in [-0.4, -0.2) is 37.9 Å². The van der Waals surface area contributed by atoms with Gasteiger partial charge in [0.05, 0.1) is 6.61 Å². The summed E-state index contributed by atoms with van der Waals surface area (Å²) in [6.07, 6.45) is 7.60. The summed E-state index contributed by atoms with van der Waals surface area (Å²) in [5.74, 6) is 1.44. The van der Waals surface area contributed by atoms with Gasteiger partial charge in [0.15, 0.2) is 0 Å². The number of pyridine rings is 1. The largest absolute Gasteiger partial charge is 0.392 e. The molecule has 3 rings (SSSR count). The fourth-order valence-corrected chi connectivity index (χ4v) is 3.20. The van der Waals surface area contributed by atoms with Gasteiger partial charge in [-0.1, -0.05) is 0 Å². The number of aliphatic hydroxyl groups is 1. The van der Waals surface area contributed by atoms with Crippen LogP contribution in [0.25, 0.3) is 0 Å². The van der Waals surface area contributed by atoms with E-state index in [1.807, 2.05) is 12.4 Å². The van der Waals surface area contributed by atoms with Gasteiger partial charge in [-0.2, -0.15) is 0 Å². The fourth-order valence-electron chi connectivity index (χ4n) is 3.20. The Morgan fingerprint density at radius 3 is 3.05 bits per heavy atom. The van der Waals surface area contributed by atoms with Gasteiger partial charge in [-0.05, 0) is 32.8 Å². The number of piperidine rings is 1. The predicted octanol–water partition coefficient (Wildman–Crippen LogP) is 2.13. The van der Waals surface area contributed by atoms with E-state index in [0.717, 1.165) is 43.0 Å². The maximum Gasteiger partial charge on any atom is 0.137 e. The highest BCUT2D eigenvalue weighted by Crippen LogP contribution is 2.31.